The van der Waals surface area contributed by atoms with Gasteiger partial charge in [-0.1, -0.05) is 12.1 Å². The van der Waals surface area contributed by atoms with E-state index in [-0.39, 0.29) is 18.8 Å². The van der Waals surface area contributed by atoms with E-state index in [4.69, 9.17) is 18.9 Å². The van der Waals surface area contributed by atoms with Gasteiger partial charge in [0, 0.05) is 18.7 Å². The Morgan fingerprint density at radius 1 is 0.967 bits per heavy atom. The number of fused-ring (bicyclic) bond motifs is 1. The molecule has 0 spiro atoms. The van der Waals surface area contributed by atoms with Gasteiger partial charge in [-0.3, -0.25) is 4.90 Å². The molecule has 6 heteroatoms. The summed E-state index contributed by atoms with van der Waals surface area (Å²) in [7, 11) is 5.00. The van der Waals surface area contributed by atoms with Crippen LogP contribution in [0.5, 0.6) is 17.2 Å². The molecule has 2 aromatic rings. The summed E-state index contributed by atoms with van der Waals surface area (Å²) in [4.78, 5) is 2.37. The number of aryl methyl sites for hydroxylation is 2. The Kier molecular flexibility index (Phi) is 6.46. The van der Waals surface area contributed by atoms with Gasteiger partial charge in [0.25, 0.3) is 0 Å². The van der Waals surface area contributed by atoms with Gasteiger partial charge in [0.15, 0.2) is 11.5 Å². The van der Waals surface area contributed by atoms with Crippen LogP contribution in [-0.2, 0) is 24.1 Å². The quantitative estimate of drug-likeness (QED) is 0.753. The Morgan fingerprint density at radius 2 is 1.70 bits per heavy atom. The van der Waals surface area contributed by atoms with Gasteiger partial charge in [0.05, 0.1) is 40.6 Å². The van der Waals surface area contributed by atoms with E-state index in [9.17, 15) is 5.11 Å². The summed E-state index contributed by atoms with van der Waals surface area (Å²) in [6.07, 6.45) is 3.16. The molecule has 1 fully saturated rings. The minimum atomic E-state index is -0.308. The molecule has 0 amide bonds. The van der Waals surface area contributed by atoms with Crippen molar-refractivity contribution in [2.45, 2.75) is 38.0 Å². The van der Waals surface area contributed by atoms with Crippen LogP contribution in [0.1, 0.15) is 34.7 Å². The normalized spacial score (nSPS) is 21.3. The molecule has 2 atom stereocenters. The number of hydrogen-bond acceptors (Lipinski definition) is 6. The number of hydrogen-bond donors (Lipinski definition) is 1. The predicted molar refractivity (Wildman–Crippen MR) is 115 cm³/mol. The number of methoxy groups -OCH3 is 3. The van der Waals surface area contributed by atoms with Crippen LogP contribution in [0.2, 0.25) is 0 Å². The van der Waals surface area contributed by atoms with Crippen LogP contribution in [-0.4, -0.2) is 57.2 Å². The minimum absolute atomic E-state index is 0.0448. The van der Waals surface area contributed by atoms with Gasteiger partial charge < -0.3 is 24.1 Å². The van der Waals surface area contributed by atoms with E-state index in [1.165, 1.54) is 23.1 Å². The zero-order valence-corrected chi connectivity index (χ0v) is 18.0. The third-order valence-corrected chi connectivity index (χ3v) is 6.25. The standard InChI is InChI=1S/C24H31NO5/c1-27-20-8-7-18(13-22(20)29-3)24-23(15-26)30-10-9-25(24)14-19-11-16-5-4-6-17(16)12-21(19)28-2/h7-8,11-13,23-24,26H,4-6,9-10,14-15H2,1-3H3/t23-,24-/m1/s1. The fraction of sp³-hybridized carbons (Fsp3) is 0.500. The van der Waals surface area contributed by atoms with Crippen molar-refractivity contribution in [3.05, 3.63) is 52.6 Å². The lowest BCUT2D eigenvalue weighted by atomic mass is 9.96. The molecule has 0 aromatic heterocycles. The first-order valence-electron chi connectivity index (χ1n) is 10.6. The van der Waals surface area contributed by atoms with Crippen LogP contribution >= 0.6 is 0 Å². The number of ether oxygens (including phenoxy) is 4. The summed E-state index contributed by atoms with van der Waals surface area (Å²) < 4.78 is 22.6. The number of rotatable bonds is 7. The highest BCUT2D eigenvalue weighted by Gasteiger charge is 2.34. The Morgan fingerprint density at radius 3 is 2.40 bits per heavy atom. The Hall–Kier alpha value is -2.28. The molecule has 162 valence electrons. The second-order valence-corrected chi connectivity index (χ2v) is 7.91. The molecule has 1 saturated heterocycles. The van der Waals surface area contributed by atoms with Crippen molar-refractivity contribution in [3.63, 3.8) is 0 Å². The second kappa shape index (κ2) is 9.25. The van der Waals surface area contributed by atoms with Crippen LogP contribution in [0, 0.1) is 0 Å². The van der Waals surface area contributed by atoms with Crippen LogP contribution in [0.15, 0.2) is 30.3 Å². The average Bonchev–Trinajstić information content (AvgIpc) is 3.25. The number of aliphatic hydroxyl groups excluding tert-OH is 1. The topological polar surface area (TPSA) is 60.4 Å². The van der Waals surface area contributed by atoms with Gasteiger partial charge in [0.1, 0.15) is 11.9 Å². The van der Waals surface area contributed by atoms with Crippen LogP contribution < -0.4 is 14.2 Å². The lowest BCUT2D eigenvalue weighted by Crippen LogP contribution is -2.46. The molecule has 0 radical (unpaired) electrons. The van der Waals surface area contributed by atoms with Crippen LogP contribution in [0.4, 0.5) is 0 Å². The van der Waals surface area contributed by atoms with Gasteiger partial charge >= 0.3 is 0 Å². The molecule has 0 bridgehead atoms. The van der Waals surface area contributed by atoms with Gasteiger partial charge in [0.2, 0.25) is 0 Å². The molecule has 2 aromatic carbocycles. The highest BCUT2D eigenvalue weighted by atomic mass is 16.5. The first-order chi connectivity index (χ1) is 14.7. The van der Waals surface area contributed by atoms with Crippen molar-refractivity contribution < 1.29 is 24.1 Å². The fourth-order valence-electron chi connectivity index (χ4n) is 4.76. The molecule has 0 unspecified atom stereocenters. The number of benzene rings is 2. The molecule has 1 N–H and O–H groups in total. The predicted octanol–water partition coefficient (Wildman–Crippen LogP) is 3.14. The van der Waals surface area contributed by atoms with Crippen LogP contribution in [0.25, 0.3) is 0 Å². The van der Waals surface area contributed by atoms with Crippen molar-refractivity contribution in [1.29, 1.82) is 0 Å². The molecule has 1 aliphatic carbocycles. The molecular weight excluding hydrogens is 382 g/mol. The first kappa shape index (κ1) is 21.0. The highest BCUT2D eigenvalue weighted by Crippen LogP contribution is 2.38. The minimum Gasteiger partial charge on any atom is -0.496 e. The highest BCUT2D eigenvalue weighted by molar-refractivity contribution is 5.46. The third-order valence-electron chi connectivity index (χ3n) is 6.25. The maximum absolute atomic E-state index is 10.0. The van der Waals surface area contributed by atoms with E-state index in [0.29, 0.717) is 18.1 Å². The lowest BCUT2D eigenvalue weighted by Gasteiger charge is -2.41. The average molecular weight is 414 g/mol. The molecular formula is C24H31NO5. The van der Waals surface area contributed by atoms with Crippen molar-refractivity contribution in [2.24, 2.45) is 0 Å². The van der Waals surface area contributed by atoms with Gasteiger partial charge in [-0.15, -0.1) is 0 Å². The van der Waals surface area contributed by atoms with E-state index in [1.807, 2.05) is 18.2 Å². The van der Waals surface area contributed by atoms with Crippen molar-refractivity contribution >= 4 is 0 Å². The Balaban J connectivity index is 1.68. The largest absolute Gasteiger partial charge is 0.496 e. The molecule has 1 heterocycles. The summed E-state index contributed by atoms with van der Waals surface area (Å²) in [5.74, 6) is 2.30. The summed E-state index contributed by atoms with van der Waals surface area (Å²) in [6, 6.07) is 10.3. The van der Waals surface area contributed by atoms with Gasteiger partial charge in [-0.05, 0) is 54.2 Å². The maximum Gasteiger partial charge on any atom is 0.161 e. The van der Waals surface area contributed by atoms with E-state index in [0.717, 1.165) is 37.2 Å². The number of aliphatic hydroxyl groups is 1. The molecule has 2 aliphatic rings. The number of nitrogens with zero attached hydrogens (tertiary/aromatic N) is 1. The monoisotopic (exact) mass is 413 g/mol. The van der Waals surface area contributed by atoms with E-state index >= 15 is 0 Å². The summed E-state index contributed by atoms with van der Waals surface area (Å²) in [5, 5.41) is 10.0. The molecule has 1 aliphatic heterocycles. The van der Waals surface area contributed by atoms with Crippen molar-refractivity contribution in [1.82, 2.24) is 4.90 Å². The molecule has 6 nitrogen and oxygen atoms in total. The van der Waals surface area contributed by atoms with E-state index < -0.39 is 0 Å². The Bertz CT molecular complexity index is 884. The first-order valence-corrected chi connectivity index (χ1v) is 10.6. The zero-order valence-electron chi connectivity index (χ0n) is 18.0. The third kappa shape index (κ3) is 4.00. The van der Waals surface area contributed by atoms with Crippen molar-refractivity contribution in [2.75, 3.05) is 41.1 Å². The van der Waals surface area contributed by atoms with E-state index in [2.05, 4.69) is 17.0 Å². The molecule has 0 saturated carbocycles. The van der Waals surface area contributed by atoms with Crippen LogP contribution in [0.3, 0.4) is 0 Å². The maximum atomic E-state index is 10.0. The van der Waals surface area contributed by atoms with E-state index in [1.54, 1.807) is 21.3 Å². The summed E-state index contributed by atoms with van der Waals surface area (Å²) >= 11 is 0. The Labute approximate surface area is 178 Å². The SMILES string of the molecule is COc1cc2c(cc1CN1CCO[C@H](CO)[C@H]1c1ccc(OC)c(OC)c1)CCC2. The summed E-state index contributed by atoms with van der Waals surface area (Å²) in [5.41, 5.74) is 5.05. The number of morpholine rings is 1. The fourth-order valence-corrected chi connectivity index (χ4v) is 4.76. The molecule has 30 heavy (non-hydrogen) atoms. The smallest absolute Gasteiger partial charge is 0.161 e. The second-order valence-electron chi connectivity index (χ2n) is 7.91. The molecule has 4 rings (SSSR count). The van der Waals surface area contributed by atoms with Gasteiger partial charge in [-0.25, -0.2) is 0 Å². The van der Waals surface area contributed by atoms with Crippen molar-refractivity contribution in [3.8, 4) is 17.2 Å². The van der Waals surface area contributed by atoms with Gasteiger partial charge in [-0.2, -0.15) is 0 Å². The lowest BCUT2D eigenvalue weighted by molar-refractivity contribution is -0.0962. The zero-order chi connectivity index (χ0) is 21.1. The summed E-state index contributed by atoms with van der Waals surface area (Å²) in [6.45, 7) is 2.05.